The number of benzene rings is 1. The highest BCUT2D eigenvalue weighted by molar-refractivity contribution is 6.31. The average Bonchev–Trinajstić information content (AvgIpc) is 2.82. The summed E-state index contributed by atoms with van der Waals surface area (Å²) in [5.74, 6) is -1.20. The van der Waals surface area contributed by atoms with Crippen molar-refractivity contribution in [3.8, 4) is 11.3 Å². The Hall–Kier alpha value is -3.10. The molecule has 4 heterocycles. The number of aryl methyl sites for hydroxylation is 3. The number of nitrogens with zero attached hydrogens (tertiary/aromatic N) is 5. The molecule has 34 heavy (non-hydrogen) atoms. The summed E-state index contributed by atoms with van der Waals surface area (Å²) in [6.45, 7) is 6.15. The highest BCUT2D eigenvalue weighted by Crippen LogP contribution is 2.38. The molecule has 0 bridgehead atoms. The summed E-state index contributed by atoms with van der Waals surface area (Å²) in [6, 6.07) is 6.29. The van der Waals surface area contributed by atoms with Crippen molar-refractivity contribution < 1.29 is 13.5 Å². The van der Waals surface area contributed by atoms with Crippen LogP contribution in [0.3, 0.4) is 0 Å². The van der Waals surface area contributed by atoms with Crippen molar-refractivity contribution in [1.82, 2.24) is 24.9 Å². The first kappa shape index (κ1) is 22.7. The van der Waals surface area contributed by atoms with E-state index in [-0.39, 0.29) is 17.6 Å². The lowest BCUT2D eigenvalue weighted by Gasteiger charge is -2.29. The molecule has 0 amide bonds. The summed E-state index contributed by atoms with van der Waals surface area (Å²) in [5.41, 5.74) is 4.73. The Kier molecular flexibility index (Phi) is 5.95. The van der Waals surface area contributed by atoms with Gasteiger partial charge in [0, 0.05) is 30.0 Å². The molecule has 5 rings (SSSR count). The van der Waals surface area contributed by atoms with Gasteiger partial charge >= 0.3 is 0 Å². The molecule has 0 unspecified atom stereocenters. The molecule has 0 N–H and O–H groups in total. The molecule has 9 heteroatoms. The van der Waals surface area contributed by atoms with Gasteiger partial charge in [-0.05, 0) is 63.4 Å². The van der Waals surface area contributed by atoms with E-state index in [2.05, 4.69) is 15.0 Å². The Balaban J connectivity index is 1.63. The van der Waals surface area contributed by atoms with Crippen LogP contribution < -0.4 is 0 Å². The molecule has 2 atom stereocenters. The van der Waals surface area contributed by atoms with Crippen LogP contribution in [-0.2, 0) is 4.74 Å². The first-order valence-electron chi connectivity index (χ1n) is 11.0. The Bertz CT molecular complexity index is 1390. The van der Waals surface area contributed by atoms with Crippen LogP contribution in [0.15, 0.2) is 30.5 Å². The molecule has 1 aliphatic heterocycles. The summed E-state index contributed by atoms with van der Waals surface area (Å²) in [7, 11) is 0. The second-order valence-corrected chi connectivity index (χ2v) is 8.94. The van der Waals surface area contributed by atoms with Gasteiger partial charge in [0.25, 0.3) is 0 Å². The Morgan fingerprint density at radius 3 is 2.44 bits per heavy atom. The standard InChI is InChI=1S/C25H22ClF2N5O/c1-12-8-15(4-6-29-12)20-11-16(5-7-34-20)24-32-22(17-9-18(27)21(26)19(28)10-17)23-25(33-24)31-14(3)13(2)30-23/h4,6,8-10,16,20H,5,7,11H2,1-3H3/t16-,20+/m1/s1. The summed E-state index contributed by atoms with van der Waals surface area (Å²) >= 11 is 5.71. The third kappa shape index (κ3) is 4.23. The van der Waals surface area contributed by atoms with E-state index in [1.807, 2.05) is 32.9 Å². The van der Waals surface area contributed by atoms with E-state index in [0.29, 0.717) is 47.8 Å². The maximum Gasteiger partial charge on any atom is 0.182 e. The molecule has 6 nitrogen and oxygen atoms in total. The minimum atomic E-state index is -0.860. The first-order valence-corrected chi connectivity index (χ1v) is 11.4. The molecule has 0 saturated carbocycles. The Morgan fingerprint density at radius 2 is 1.71 bits per heavy atom. The lowest BCUT2D eigenvalue weighted by molar-refractivity contribution is 0.00393. The van der Waals surface area contributed by atoms with E-state index in [4.69, 9.17) is 26.3 Å². The van der Waals surface area contributed by atoms with Gasteiger partial charge in [0.1, 0.15) is 33.7 Å². The predicted octanol–water partition coefficient (Wildman–Crippen LogP) is 5.97. The molecule has 3 aromatic heterocycles. The molecule has 1 aromatic carbocycles. The number of halogens is 3. The molecule has 0 radical (unpaired) electrons. The smallest absolute Gasteiger partial charge is 0.182 e. The normalized spacial score (nSPS) is 18.4. The predicted molar refractivity (Wildman–Crippen MR) is 125 cm³/mol. The lowest BCUT2D eigenvalue weighted by atomic mass is 9.91. The van der Waals surface area contributed by atoms with E-state index in [0.717, 1.165) is 17.0 Å². The molecule has 1 aliphatic rings. The molecule has 1 saturated heterocycles. The Morgan fingerprint density at radius 1 is 0.971 bits per heavy atom. The molecular formula is C25H22ClF2N5O. The summed E-state index contributed by atoms with van der Waals surface area (Å²) in [5, 5.41) is -0.555. The molecule has 1 fully saturated rings. The van der Waals surface area contributed by atoms with E-state index in [9.17, 15) is 8.78 Å². The molecule has 0 spiro atoms. The van der Waals surface area contributed by atoms with Crippen LogP contribution in [0.25, 0.3) is 22.4 Å². The average molecular weight is 482 g/mol. The lowest BCUT2D eigenvalue weighted by Crippen LogP contribution is -2.21. The van der Waals surface area contributed by atoms with Crippen LogP contribution in [0.1, 0.15) is 53.3 Å². The fraction of sp³-hybridized carbons (Fsp3) is 0.320. The van der Waals surface area contributed by atoms with E-state index >= 15 is 0 Å². The highest BCUT2D eigenvalue weighted by Gasteiger charge is 2.29. The SMILES string of the molecule is Cc1cc([C@@H]2C[C@H](c3nc(-c4cc(F)c(Cl)c(F)c4)c4nc(C)c(C)nc4n3)CCO2)ccn1. The minimum Gasteiger partial charge on any atom is -0.373 e. The highest BCUT2D eigenvalue weighted by atomic mass is 35.5. The third-order valence-corrected chi connectivity index (χ3v) is 6.52. The summed E-state index contributed by atoms with van der Waals surface area (Å²) < 4.78 is 34.7. The number of rotatable bonds is 3. The van der Waals surface area contributed by atoms with Gasteiger partial charge in [-0.15, -0.1) is 0 Å². The van der Waals surface area contributed by atoms with Gasteiger partial charge in [-0.25, -0.2) is 28.7 Å². The number of hydrogen-bond donors (Lipinski definition) is 0. The molecule has 174 valence electrons. The van der Waals surface area contributed by atoms with E-state index in [1.54, 1.807) is 6.20 Å². The number of fused-ring (bicyclic) bond motifs is 1. The second kappa shape index (κ2) is 8.92. The van der Waals surface area contributed by atoms with Crippen molar-refractivity contribution in [3.63, 3.8) is 0 Å². The van der Waals surface area contributed by atoms with Gasteiger partial charge in [0.2, 0.25) is 0 Å². The maximum atomic E-state index is 14.3. The number of ether oxygens (including phenoxy) is 1. The van der Waals surface area contributed by atoms with Gasteiger partial charge in [0.05, 0.1) is 17.5 Å². The van der Waals surface area contributed by atoms with Gasteiger partial charge in [-0.1, -0.05) is 11.6 Å². The van der Waals surface area contributed by atoms with Crippen molar-refractivity contribution >= 4 is 22.8 Å². The zero-order valence-electron chi connectivity index (χ0n) is 18.9. The summed E-state index contributed by atoms with van der Waals surface area (Å²) in [4.78, 5) is 23.0. The van der Waals surface area contributed by atoms with Gasteiger partial charge in [0.15, 0.2) is 5.65 Å². The van der Waals surface area contributed by atoms with Gasteiger partial charge in [-0.2, -0.15) is 0 Å². The molecule has 4 aromatic rings. The molecule has 0 aliphatic carbocycles. The quantitative estimate of drug-likeness (QED) is 0.335. The van der Waals surface area contributed by atoms with Crippen LogP contribution >= 0.6 is 11.6 Å². The number of pyridine rings is 1. The van der Waals surface area contributed by atoms with Crippen LogP contribution in [0, 0.1) is 32.4 Å². The summed E-state index contributed by atoms with van der Waals surface area (Å²) in [6.07, 6.45) is 3.02. The zero-order chi connectivity index (χ0) is 24.0. The molecular weight excluding hydrogens is 460 g/mol. The van der Waals surface area contributed by atoms with E-state index in [1.165, 1.54) is 12.1 Å². The monoisotopic (exact) mass is 481 g/mol. The van der Waals surface area contributed by atoms with Crippen molar-refractivity contribution in [2.24, 2.45) is 0 Å². The van der Waals surface area contributed by atoms with Crippen molar-refractivity contribution in [3.05, 3.63) is 75.6 Å². The fourth-order valence-electron chi connectivity index (χ4n) is 4.24. The van der Waals surface area contributed by atoms with Crippen LogP contribution in [0.2, 0.25) is 5.02 Å². The van der Waals surface area contributed by atoms with Gasteiger partial charge in [-0.3, -0.25) is 4.98 Å². The van der Waals surface area contributed by atoms with Crippen molar-refractivity contribution in [2.75, 3.05) is 6.61 Å². The largest absolute Gasteiger partial charge is 0.373 e. The van der Waals surface area contributed by atoms with Gasteiger partial charge < -0.3 is 4.74 Å². The van der Waals surface area contributed by atoms with Crippen molar-refractivity contribution in [1.29, 1.82) is 0 Å². The topological polar surface area (TPSA) is 73.7 Å². The third-order valence-electron chi connectivity index (χ3n) is 6.16. The minimum absolute atomic E-state index is 0.0271. The second-order valence-electron chi connectivity index (χ2n) is 8.56. The number of aromatic nitrogens is 5. The van der Waals surface area contributed by atoms with Crippen LogP contribution in [0.4, 0.5) is 8.78 Å². The Labute approximate surface area is 200 Å². The van der Waals surface area contributed by atoms with Crippen molar-refractivity contribution in [2.45, 2.75) is 45.6 Å². The van der Waals surface area contributed by atoms with E-state index < -0.39 is 16.7 Å². The first-order chi connectivity index (χ1) is 16.3. The number of hydrogen-bond acceptors (Lipinski definition) is 6. The fourth-order valence-corrected chi connectivity index (χ4v) is 4.35. The van der Waals surface area contributed by atoms with Crippen LogP contribution in [0.5, 0.6) is 0 Å². The van der Waals surface area contributed by atoms with Crippen LogP contribution in [-0.4, -0.2) is 31.5 Å². The maximum absolute atomic E-state index is 14.3. The zero-order valence-corrected chi connectivity index (χ0v) is 19.7.